The Morgan fingerprint density at radius 2 is 2.24 bits per heavy atom. The number of benzene rings is 1. The number of nitriles is 1. The highest BCUT2D eigenvalue weighted by atomic mass is 35.5. The van der Waals surface area contributed by atoms with Crippen LogP contribution in [0.5, 0.6) is 5.75 Å². The van der Waals surface area contributed by atoms with Crippen molar-refractivity contribution in [3.8, 4) is 11.8 Å². The predicted octanol–water partition coefficient (Wildman–Crippen LogP) is 3.29. The van der Waals surface area contributed by atoms with E-state index in [1.807, 2.05) is 18.2 Å². The average Bonchev–Trinajstić information content (AvgIpc) is 2.80. The van der Waals surface area contributed by atoms with Crippen LogP contribution in [0, 0.1) is 11.3 Å². The first-order chi connectivity index (χ1) is 8.29. The van der Waals surface area contributed by atoms with Gasteiger partial charge in [-0.15, -0.1) is 11.3 Å². The molecule has 0 amide bonds. The number of nitrogens with zero attached hydrogens (tertiary/aromatic N) is 2. The van der Waals surface area contributed by atoms with Crippen LogP contribution in [0.2, 0.25) is 5.02 Å². The molecule has 0 spiro atoms. The Morgan fingerprint density at radius 1 is 1.41 bits per heavy atom. The largest absolute Gasteiger partial charge is 0.492 e. The first kappa shape index (κ1) is 11.9. The number of rotatable bonds is 4. The minimum Gasteiger partial charge on any atom is -0.492 e. The van der Waals surface area contributed by atoms with E-state index in [1.54, 1.807) is 12.3 Å². The van der Waals surface area contributed by atoms with Crippen LogP contribution >= 0.6 is 22.9 Å². The van der Waals surface area contributed by atoms with Crippen LogP contribution in [0.4, 0.5) is 0 Å². The third-order valence-electron chi connectivity index (χ3n) is 2.07. The Kier molecular flexibility index (Phi) is 3.97. The second kappa shape index (κ2) is 5.67. The Morgan fingerprint density at radius 3 is 2.94 bits per heavy atom. The molecule has 86 valence electrons. The zero-order valence-corrected chi connectivity index (χ0v) is 10.5. The predicted molar refractivity (Wildman–Crippen MR) is 67.5 cm³/mol. The van der Waals surface area contributed by atoms with Crippen LogP contribution in [0.3, 0.4) is 0 Å². The lowest BCUT2D eigenvalue weighted by molar-refractivity contribution is 0.322. The van der Waals surface area contributed by atoms with Gasteiger partial charge in [0.05, 0.1) is 22.8 Å². The molecular formula is C12H9ClN2OS. The van der Waals surface area contributed by atoms with Gasteiger partial charge in [0.2, 0.25) is 0 Å². The molecule has 0 radical (unpaired) electrons. The monoisotopic (exact) mass is 264 g/mol. The van der Waals surface area contributed by atoms with E-state index < -0.39 is 0 Å². The summed E-state index contributed by atoms with van der Waals surface area (Å²) in [4.78, 5) is 4.75. The van der Waals surface area contributed by atoms with E-state index in [9.17, 15) is 0 Å². The summed E-state index contributed by atoms with van der Waals surface area (Å²) < 4.78 is 5.54. The fourth-order valence-electron chi connectivity index (χ4n) is 1.29. The van der Waals surface area contributed by atoms with E-state index >= 15 is 0 Å². The molecule has 0 aliphatic rings. The minimum atomic E-state index is 0.502. The summed E-state index contributed by atoms with van der Waals surface area (Å²) in [5.74, 6) is 0.672. The topological polar surface area (TPSA) is 45.9 Å². The summed E-state index contributed by atoms with van der Waals surface area (Å²) in [5.41, 5.74) is 0. The standard InChI is InChI=1S/C12H9ClN2OS/c13-10-3-1-2-4-11(10)16-6-5-12-15-8-9(7-14)17-12/h1-4,8H,5-6H2. The Hall–Kier alpha value is -1.57. The Labute approximate surface area is 108 Å². The quantitative estimate of drug-likeness (QED) is 0.851. The lowest BCUT2D eigenvalue weighted by Gasteiger charge is -2.05. The van der Waals surface area contributed by atoms with Crippen molar-refractivity contribution in [1.82, 2.24) is 4.98 Å². The number of thiazole rings is 1. The van der Waals surface area contributed by atoms with Crippen molar-refractivity contribution in [2.75, 3.05) is 6.61 Å². The van der Waals surface area contributed by atoms with Gasteiger partial charge in [0.25, 0.3) is 0 Å². The fourth-order valence-corrected chi connectivity index (χ4v) is 2.17. The van der Waals surface area contributed by atoms with Crippen LogP contribution in [-0.4, -0.2) is 11.6 Å². The van der Waals surface area contributed by atoms with Crippen LogP contribution in [0.15, 0.2) is 30.5 Å². The summed E-state index contributed by atoms with van der Waals surface area (Å²) in [6, 6.07) is 9.40. The van der Waals surface area contributed by atoms with Crippen molar-refractivity contribution in [1.29, 1.82) is 5.26 Å². The maximum absolute atomic E-state index is 8.66. The highest BCUT2D eigenvalue weighted by Crippen LogP contribution is 2.23. The first-order valence-electron chi connectivity index (χ1n) is 5.02. The van der Waals surface area contributed by atoms with Crippen molar-refractivity contribution < 1.29 is 4.74 Å². The summed E-state index contributed by atoms with van der Waals surface area (Å²) in [6.45, 7) is 0.502. The molecule has 0 aliphatic carbocycles. The van der Waals surface area contributed by atoms with E-state index in [0.717, 1.165) is 5.01 Å². The molecule has 1 aromatic heterocycles. The molecule has 0 saturated carbocycles. The van der Waals surface area contributed by atoms with Gasteiger partial charge in [-0.05, 0) is 12.1 Å². The molecule has 0 saturated heterocycles. The lowest BCUT2D eigenvalue weighted by atomic mass is 10.3. The normalized spacial score (nSPS) is 9.88. The molecule has 17 heavy (non-hydrogen) atoms. The third kappa shape index (κ3) is 3.19. The molecule has 0 bridgehead atoms. The van der Waals surface area contributed by atoms with Crippen LogP contribution in [0.25, 0.3) is 0 Å². The Bertz CT molecular complexity index is 547. The molecule has 0 atom stereocenters. The van der Waals surface area contributed by atoms with Crippen molar-refractivity contribution in [2.45, 2.75) is 6.42 Å². The highest BCUT2D eigenvalue weighted by molar-refractivity contribution is 7.12. The summed E-state index contributed by atoms with van der Waals surface area (Å²) in [5, 5.41) is 10.2. The number of hydrogen-bond donors (Lipinski definition) is 0. The van der Waals surface area contributed by atoms with E-state index in [4.69, 9.17) is 21.6 Å². The first-order valence-corrected chi connectivity index (χ1v) is 6.21. The van der Waals surface area contributed by atoms with E-state index in [2.05, 4.69) is 11.1 Å². The van der Waals surface area contributed by atoms with Gasteiger partial charge in [-0.25, -0.2) is 4.98 Å². The molecule has 5 heteroatoms. The van der Waals surface area contributed by atoms with Gasteiger partial charge in [0, 0.05) is 6.42 Å². The van der Waals surface area contributed by atoms with Crippen LogP contribution in [0.1, 0.15) is 9.88 Å². The SMILES string of the molecule is N#Cc1cnc(CCOc2ccccc2Cl)s1. The zero-order chi connectivity index (χ0) is 12.1. The molecule has 0 N–H and O–H groups in total. The van der Waals surface area contributed by atoms with Crippen LogP contribution < -0.4 is 4.74 Å². The maximum atomic E-state index is 8.66. The molecule has 0 unspecified atom stereocenters. The van der Waals surface area contributed by atoms with Gasteiger partial charge in [-0.1, -0.05) is 23.7 Å². The summed E-state index contributed by atoms with van der Waals surface area (Å²) >= 11 is 7.34. The van der Waals surface area contributed by atoms with Crippen molar-refractivity contribution in [3.05, 3.63) is 45.4 Å². The van der Waals surface area contributed by atoms with E-state index in [-0.39, 0.29) is 0 Å². The van der Waals surface area contributed by atoms with Crippen molar-refractivity contribution in [2.24, 2.45) is 0 Å². The average molecular weight is 265 g/mol. The molecule has 2 aromatic rings. The minimum absolute atomic E-state index is 0.502. The molecule has 1 heterocycles. The number of halogens is 1. The molecule has 3 nitrogen and oxygen atoms in total. The molecule has 0 fully saturated rings. The highest BCUT2D eigenvalue weighted by Gasteiger charge is 2.03. The van der Waals surface area contributed by atoms with Gasteiger partial charge in [-0.2, -0.15) is 5.26 Å². The van der Waals surface area contributed by atoms with Gasteiger partial charge in [0.1, 0.15) is 16.7 Å². The molecule has 2 rings (SSSR count). The van der Waals surface area contributed by atoms with Crippen molar-refractivity contribution >= 4 is 22.9 Å². The van der Waals surface area contributed by atoms with E-state index in [1.165, 1.54) is 11.3 Å². The van der Waals surface area contributed by atoms with Crippen molar-refractivity contribution in [3.63, 3.8) is 0 Å². The molecular weight excluding hydrogens is 256 g/mol. The smallest absolute Gasteiger partial charge is 0.137 e. The van der Waals surface area contributed by atoms with E-state index in [0.29, 0.717) is 28.7 Å². The maximum Gasteiger partial charge on any atom is 0.137 e. The van der Waals surface area contributed by atoms with Gasteiger partial charge >= 0.3 is 0 Å². The number of hydrogen-bond acceptors (Lipinski definition) is 4. The lowest BCUT2D eigenvalue weighted by Crippen LogP contribution is -2.01. The van der Waals surface area contributed by atoms with Crippen LogP contribution in [-0.2, 0) is 6.42 Å². The summed E-state index contributed by atoms with van der Waals surface area (Å²) in [7, 11) is 0. The third-order valence-corrected chi connectivity index (χ3v) is 3.35. The number of aromatic nitrogens is 1. The Balaban J connectivity index is 1.88. The fraction of sp³-hybridized carbons (Fsp3) is 0.167. The number of para-hydroxylation sites is 1. The van der Waals surface area contributed by atoms with Gasteiger partial charge < -0.3 is 4.74 Å². The molecule has 0 aliphatic heterocycles. The number of ether oxygens (including phenoxy) is 1. The molecule has 1 aromatic carbocycles. The van der Waals surface area contributed by atoms with Gasteiger partial charge in [-0.3, -0.25) is 0 Å². The van der Waals surface area contributed by atoms with Gasteiger partial charge in [0.15, 0.2) is 0 Å². The zero-order valence-electron chi connectivity index (χ0n) is 8.89. The second-order valence-electron chi connectivity index (χ2n) is 3.26. The summed E-state index contributed by atoms with van der Waals surface area (Å²) in [6.07, 6.45) is 2.26. The second-order valence-corrected chi connectivity index (χ2v) is 4.78.